The standard InChI is InChI=1S/C26H39ClN4O3/c1-19-16-31(17-20(2)34-19)26(33)21-9-13-29(14-10-21)18-25(32)28-15-24(30-11-5-6-12-30)22-7-3-4-8-23(22)27/h3-4,7-8,19-21,24H,5-6,9-18H2,1-2H3,(H,28,32). The first-order chi connectivity index (χ1) is 16.4. The molecule has 0 aliphatic carbocycles. The zero-order valence-electron chi connectivity index (χ0n) is 20.5. The van der Waals surface area contributed by atoms with Crippen LogP contribution in [0.25, 0.3) is 0 Å². The third-order valence-electron chi connectivity index (χ3n) is 7.37. The van der Waals surface area contributed by atoms with E-state index in [1.54, 1.807) is 0 Å². The van der Waals surface area contributed by atoms with Crippen molar-refractivity contribution in [2.24, 2.45) is 5.92 Å². The molecule has 3 atom stereocenters. The zero-order valence-corrected chi connectivity index (χ0v) is 21.3. The van der Waals surface area contributed by atoms with E-state index >= 15 is 0 Å². The van der Waals surface area contributed by atoms with Gasteiger partial charge in [-0.25, -0.2) is 0 Å². The number of hydrogen-bond donors (Lipinski definition) is 1. The van der Waals surface area contributed by atoms with Gasteiger partial charge in [-0.3, -0.25) is 19.4 Å². The molecule has 0 spiro atoms. The van der Waals surface area contributed by atoms with Crippen molar-refractivity contribution in [1.29, 1.82) is 0 Å². The van der Waals surface area contributed by atoms with E-state index in [9.17, 15) is 9.59 Å². The number of rotatable bonds is 7. The number of ether oxygens (including phenoxy) is 1. The van der Waals surface area contributed by atoms with E-state index < -0.39 is 0 Å². The first kappa shape index (κ1) is 25.4. The Labute approximate surface area is 208 Å². The van der Waals surface area contributed by atoms with E-state index in [0.717, 1.165) is 49.6 Å². The van der Waals surface area contributed by atoms with Crippen molar-refractivity contribution in [2.75, 3.05) is 52.4 Å². The molecule has 0 aromatic heterocycles. The van der Waals surface area contributed by atoms with Gasteiger partial charge in [0.15, 0.2) is 0 Å². The lowest BCUT2D eigenvalue weighted by Crippen LogP contribution is -2.52. The molecule has 1 aromatic rings. The second kappa shape index (κ2) is 11.8. The van der Waals surface area contributed by atoms with Gasteiger partial charge >= 0.3 is 0 Å². The van der Waals surface area contributed by atoms with Crippen LogP contribution in [-0.4, -0.2) is 91.1 Å². The van der Waals surface area contributed by atoms with E-state index in [1.165, 1.54) is 12.8 Å². The second-order valence-electron chi connectivity index (χ2n) is 10.1. The lowest BCUT2D eigenvalue weighted by molar-refractivity contribution is -0.148. The van der Waals surface area contributed by atoms with Crippen molar-refractivity contribution in [3.8, 4) is 0 Å². The Morgan fingerprint density at radius 1 is 1.06 bits per heavy atom. The number of morpholine rings is 1. The minimum atomic E-state index is 0.0388. The number of nitrogens with zero attached hydrogens (tertiary/aromatic N) is 3. The molecule has 3 aliphatic heterocycles. The molecule has 4 rings (SSSR count). The molecular weight excluding hydrogens is 452 g/mol. The average Bonchev–Trinajstić information content (AvgIpc) is 3.34. The second-order valence-corrected chi connectivity index (χ2v) is 10.5. The van der Waals surface area contributed by atoms with Crippen LogP contribution < -0.4 is 5.32 Å². The minimum absolute atomic E-state index is 0.0388. The largest absolute Gasteiger partial charge is 0.372 e. The normalized spacial score (nSPS) is 25.9. The van der Waals surface area contributed by atoms with Crippen molar-refractivity contribution >= 4 is 23.4 Å². The summed E-state index contributed by atoms with van der Waals surface area (Å²) in [5, 5.41) is 3.91. The molecule has 34 heavy (non-hydrogen) atoms. The quantitative estimate of drug-likeness (QED) is 0.636. The van der Waals surface area contributed by atoms with Crippen LogP contribution in [0, 0.1) is 5.92 Å². The SMILES string of the molecule is CC1CN(C(=O)C2CCN(CC(=O)NCC(c3ccccc3Cl)N3CCCC3)CC2)CC(C)O1. The lowest BCUT2D eigenvalue weighted by atomic mass is 9.94. The minimum Gasteiger partial charge on any atom is -0.372 e. The first-order valence-corrected chi connectivity index (χ1v) is 13.2. The van der Waals surface area contributed by atoms with Crippen molar-refractivity contribution < 1.29 is 14.3 Å². The molecule has 1 aromatic carbocycles. The Kier molecular flexibility index (Phi) is 8.86. The Balaban J connectivity index is 1.24. The van der Waals surface area contributed by atoms with Gasteiger partial charge in [-0.2, -0.15) is 0 Å². The maximum absolute atomic E-state index is 13.0. The van der Waals surface area contributed by atoms with Crippen molar-refractivity contribution in [3.05, 3.63) is 34.9 Å². The van der Waals surface area contributed by atoms with Gasteiger partial charge in [0, 0.05) is 30.6 Å². The van der Waals surface area contributed by atoms with Crippen LogP contribution in [0.15, 0.2) is 24.3 Å². The Morgan fingerprint density at radius 2 is 1.71 bits per heavy atom. The van der Waals surface area contributed by atoms with Crippen LogP contribution in [0.3, 0.4) is 0 Å². The number of carbonyl (C=O) groups is 2. The van der Waals surface area contributed by atoms with Gasteiger partial charge in [-0.15, -0.1) is 0 Å². The van der Waals surface area contributed by atoms with Crippen molar-refractivity contribution in [3.63, 3.8) is 0 Å². The smallest absolute Gasteiger partial charge is 0.234 e. The summed E-state index contributed by atoms with van der Waals surface area (Å²) in [5.41, 5.74) is 1.08. The van der Waals surface area contributed by atoms with Crippen molar-refractivity contribution in [1.82, 2.24) is 20.0 Å². The van der Waals surface area contributed by atoms with Crippen LogP contribution in [0.4, 0.5) is 0 Å². The summed E-state index contributed by atoms with van der Waals surface area (Å²) in [5.74, 6) is 0.340. The topological polar surface area (TPSA) is 65.1 Å². The number of hydrogen-bond acceptors (Lipinski definition) is 5. The summed E-state index contributed by atoms with van der Waals surface area (Å²) in [6, 6.07) is 8.04. The molecule has 3 unspecified atom stereocenters. The highest BCUT2D eigenvalue weighted by Crippen LogP contribution is 2.30. The van der Waals surface area contributed by atoms with Crippen LogP contribution in [0.5, 0.6) is 0 Å². The predicted molar refractivity (Wildman–Crippen MR) is 134 cm³/mol. The fourth-order valence-corrected chi connectivity index (χ4v) is 5.92. The summed E-state index contributed by atoms with van der Waals surface area (Å²) >= 11 is 6.49. The summed E-state index contributed by atoms with van der Waals surface area (Å²) in [6.07, 6.45) is 4.17. The third-order valence-corrected chi connectivity index (χ3v) is 7.72. The maximum atomic E-state index is 13.0. The summed E-state index contributed by atoms with van der Waals surface area (Å²) in [7, 11) is 0. The molecule has 8 heteroatoms. The van der Waals surface area contributed by atoms with Gasteiger partial charge in [0.05, 0.1) is 24.8 Å². The van der Waals surface area contributed by atoms with Gasteiger partial charge in [-0.1, -0.05) is 29.8 Å². The number of likely N-dealkylation sites (tertiary alicyclic amines) is 2. The Bertz CT molecular complexity index is 829. The highest BCUT2D eigenvalue weighted by atomic mass is 35.5. The molecule has 0 bridgehead atoms. The number of piperidine rings is 1. The van der Waals surface area contributed by atoms with Crippen molar-refractivity contribution in [2.45, 2.75) is 57.8 Å². The van der Waals surface area contributed by atoms with E-state index in [2.05, 4.69) is 21.2 Å². The molecule has 3 fully saturated rings. The predicted octanol–water partition coefficient (Wildman–Crippen LogP) is 2.94. The number of nitrogens with one attached hydrogen (secondary N) is 1. The highest BCUT2D eigenvalue weighted by molar-refractivity contribution is 6.31. The maximum Gasteiger partial charge on any atom is 0.234 e. The number of amides is 2. The van der Waals surface area contributed by atoms with Gasteiger partial charge in [0.25, 0.3) is 0 Å². The Hall–Kier alpha value is -1.67. The van der Waals surface area contributed by atoms with Gasteiger partial charge < -0.3 is 15.0 Å². The van der Waals surface area contributed by atoms with Gasteiger partial charge in [-0.05, 0) is 77.3 Å². The number of halogens is 1. The molecule has 3 heterocycles. The highest BCUT2D eigenvalue weighted by Gasteiger charge is 2.33. The molecular formula is C26H39ClN4O3. The fraction of sp³-hybridized carbons (Fsp3) is 0.692. The van der Waals surface area contributed by atoms with E-state index in [0.29, 0.717) is 26.2 Å². The molecule has 0 saturated carbocycles. The number of carbonyl (C=O) groups excluding carboxylic acids is 2. The Morgan fingerprint density at radius 3 is 2.35 bits per heavy atom. The average molecular weight is 491 g/mol. The molecule has 7 nitrogen and oxygen atoms in total. The van der Waals surface area contributed by atoms with Gasteiger partial charge in [0.1, 0.15) is 0 Å². The van der Waals surface area contributed by atoms with Crippen LogP contribution in [0.2, 0.25) is 5.02 Å². The molecule has 2 amide bonds. The summed E-state index contributed by atoms with van der Waals surface area (Å²) < 4.78 is 5.76. The van der Waals surface area contributed by atoms with Crippen LogP contribution in [-0.2, 0) is 14.3 Å². The number of benzene rings is 1. The third kappa shape index (κ3) is 6.51. The fourth-order valence-electron chi connectivity index (χ4n) is 5.66. The zero-order chi connectivity index (χ0) is 24.1. The van der Waals surface area contributed by atoms with E-state index in [4.69, 9.17) is 16.3 Å². The van der Waals surface area contributed by atoms with E-state index in [1.807, 2.05) is 36.9 Å². The molecule has 0 radical (unpaired) electrons. The molecule has 3 aliphatic rings. The summed E-state index contributed by atoms with van der Waals surface area (Å²) in [4.78, 5) is 32.3. The molecule has 3 saturated heterocycles. The lowest BCUT2D eigenvalue weighted by Gasteiger charge is -2.39. The van der Waals surface area contributed by atoms with Crippen LogP contribution in [0.1, 0.15) is 51.1 Å². The molecule has 1 N–H and O–H groups in total. The van der Waals surface area contributed by atoms with E-state index in [-0.39, 0.29) is 36.0 Å². The summed E-state index contributed by atoms with van der Waals surface area (Å²) in [6.45, 7) is 9.96. The first-order valence-electron chi connectivity index (χ1n) is 12.8. The van der Waals surface area contributed by atoms with Gasteiger partial charge in [0.2, 0.25) is 11.8 Å². The monoisotopic (exact) mass is 490 g/mol. The van der Waals surface area contributed by atoms with Crippen LogP contribution >= 0.6 is 11.6 Å². The molecule has 188 valence electrons.